The van der Waals surface area contributed by atoms with Crippen molar-refractivity contribution < 1.29 is 17.9 Å². The Morgan fingerprint density at radius 2 is 1.95 bits per heavy atom. The van der Waals surface area contributed by atoms with E-state index in [9.17, 15) is 13.2 Å². The van der Waals surface area contributed by atoms with E-state index in [0.29, 0.717) is 12.0 Å². The van der Waals surface area contributed by atoms with Crippen molar-refractivity contribution in [2.24, 2.45) is 0 Å². The zero-order chi connectivity index (χ0) is 15.3. The molecule has 0 radical (unpaired) electrons. The van der Waals surface area contributed by atoms with Crippen LogP contribution in [0.15, 0.2) is 42.6 Å². The van der Waals surface area contributed by atoms with E-state index in [1.165, 1.54) is 12.1 Å². The molecule has 0 atom stereocenters. The minimum Gasteiger partial charge on any atom is -0.493 e. The number of nitrogens with zero attached hydrogens (tertiary/aromatic N) is 1. The van der Waals surface area contributed by atoms with Crippen molar-refractivity contribution >= 4 is 11.6 Å². The number of hydrogen-bond donors (Lipinski definition) is 0. The van der Waals surface area contributed by atoms with E-state index in [2.05, 4.69) is 4.98 Å². The average molecular weight is 316 g/mol. The van der Waals surface area contributed by atoms with Crippen LogP contribution >= 0.6 is 11.6 Å². The van der Waals surface area contributed by atoms with E-state index in [0.717, 1.165) is 11.8 Å². The molecule has 0 N–H and O–H groups in total. The van der Waals surface area contributed by atoms with Crippen LogP contribution in [0.4, 0.5) is 13.2 Å². The van der Waals surface area contributed by atoms with E-state index in [-0.39, 0.29) is 18.2 Å². The van der Waals surface area contributed by atoms with Gasteiger partial charge in [0.2, 0.25) is 0 Å². The third-order valence-electron chi connectivity index (χ3n) is 2.85. The average Bonchev–Trinajstić information content (AvgIpc) is 2.47. The summed E-state index contributed by atoms with van der Waals surface area (Å²) in [5.74, 6) is -0.163. The summed E-state index contributed by atoms with van der Waals surface area (Å²) in [6.45, 7) is 0.125. The molecule has 2 aromatic rings. The zero-order valence-electron chi connectivity index (χ0n) is 11.0. The molecular formula is C15H13ClF3NO. The summed E-state index contributed by atoms with van der Waals surface area (Å²) >= 11 is 5.57. The van der Waals surface area contributed by atoms with Crippen molar-refractivity contribution in [3.63, 3.8) is 0 Å². The molecule has 0 spiro atoms. The van der Waals surface area contributed by atoms with Gasteiger partial charge in [0.05, 0.1) is 12.2 Å². The van der Waals surface area contributed by atoms with Crippen molar-refractivity contribution in [1.29, 1.82) is 0 Å². The minimum absolute atomic E-state index is 0.0251. The normalized spacial score (nSPS) is 11.4. The Hall–Kier alpha value is -1.75. The first-order chi connectivity index (χ1) is 10.0. The van der Waals surface area contributed by atoms with E-state index in [4.69, 9.17) is 16.3 Å². The molecule has 2 rings (SSSR count). The van der Waals surface area contributed by atoms with Gasteiger partial charge in [0, 0.05) is 24.2 Å². The van der Waals surface area contributed by atoms with E-state index < -0.39 is 11.7 Å². The predicted octanol–water partition coefficient (Wildman–Crippen LogP) is 4.46. The Labute approximate surface area is 125 Å². The van der Waals surface area contributed by atoms with Gasteiger partial charge in [-0.3, -0.25) is 4.98 Å². The Morgan fingerprint density at radius 1 is 1.14 bits per heavy atom. The number of rotatable bonds is 5. The summed E-state index contributed by atoms with van der Waals surface area (Å²) in [5.41, 5.74) is 0.367. The maximum Gasteiger partial charge on any atom is 0.419 e. The molecule has 0 bridgehead atoms. The number of alkyl halides is 4. The van der Waals surface area contributed by atoms with Crippen LogP contribution in [0.25, 0.3) is 0 Å². The van der Waals surface area contributed by atoms with Crippen LogP contribution in [0.2, 0.25) is 0 Å². The number of ether oxygens (including phenoxy) is 1. The SMILES string of the molecule is FC(F)(F)c1cc(CCl)ccc1OCCc1ccccn1. The van der Waals surface area contributed by atoms with E-state index in [1.807, 2.05) is 6.07 Å². The first kappa shape index (κ1) is 15.6. The van der Waals surface area contributed by atoms with Gasteiger partial charge >= 0.3 is 6.18 Å². The van der Waals surface area contributed by atoms with Gasteiger partial charge in [-0.05, 0) is 29.8 Å². The van der Waals surface area contributed by atoms with Gasteiger partial charge in [-0.2, -0.15) is 13.2 Å². The lowest BCUT2D eigenvalue weighted by Gasteiger charge is -2.14. The Morgan fingerprint density at radius 3 is 2.57 bits per heavy atom. The highest BCUT2D eigenvalue weighted by atomic mass is 35.5. The summed E-state index contributed by atoms with van der Waals surface area (Å²) in [6, 6.07) is 9.24. The Balaban J connectivity index is 2.09. The lowest BCUT2D eigenvalue weighted by molar-refractivity contribution is -0.139. The molecule has 112 valence electrons. The molecule has 1 aromatic carbocycles. The highest BCUT2D eigenvalue weighted by Crippen LogP contribution is 2.37. The second-order valence-electron chi connectivity index (χ2n) is 4.38. The fraction of sp³-hybridized carbons (Fsp3) is 0.267. The maximum atomic E-state index is 13.0. The molecule has 0 saturated carbocycles. The first-order valence-corrected chi connectivity index (χ1v) is 6.83. The minimum atomic E-state index is -4.47. The molecule has 21 heavy (non-hydrogen) atoms. The van der Waals surface area contributed by atoms with Crippen molar-refractivity contribution in [1.82, 2.24) is 4.98 Å². The molecule has 0 fully saturated rings. The van der Waals surface area contributed by atoms with Gasteiger partial charge in [0.1, 0.15) is 5.75 Å². The zero-order valence-corrected chi connectivity index (χ0v) is 11.8. The Bertz CT molecular complexity index is 587. The third kappa shape index (κ3) is 4.36. The highest BCUT2D eigenvalue weighted by Gasteiger charge is 2.34. The summed E-state index contributed by atoms with van der Waals surface area (Å²) in [6.07, 6.45) is -2.40. The quantitative estimate of drug-likeness (QED) is 0.760. The van der Waals surface area contributed by atoms with Crippen LogP contribution in [0.5, 0.6) is 5.75 Å². The molecule has 0 aliphatic heterocycles. The summed E-state index contributed by atoms with van der Waals surface area (Å²) < 4.78 is 44.2. The molecule has 0 aliphatic rings. The number of benzene rings is 1. The fourth-order valence-electron chi connectivity index (χ4n) is 1.82. The molecule has 0 amide bonds. The van der Waals surface area contributed by atoms with Gasteiger partial charge in [-0.25, -0.2) is 0 Å². The first-order valence-electron chi connectivity index (χ1n) is 6.29. The predicted molar refractivity (Wildman–Crippen MR) is 74.4 cm³/mol. The van der Waals surface area contributed by atoms with Gasteiger partial charge in [0.25, 0.3) is 0 Å². The largest absolute Gasteiger partial charge is 0.493 e. The maximum absolute atomic E-state index is 13.0. The van der Waals surface area contributed by atoms with Gasteiger partial charge < -0.3 is 4.74 Å². The van der Waals surface area contributed by atoms with Gasteiger partial charge in [0.15, 0.2) is 0 Å². The smallest absolute Gasteiger partial charge is 0.419 e. The molecule has 0 saturated heterocycles. The monoisotopic (exact) mass is 315 g/mol. The number of hydrogen-bond acceptors (Lipinski definition) is 2. The van der Waals surface area contributed by atoms with E-state index in [1.54, 1.807) is 18.3 Å². The highest BCUT2D eigenvalue weighted by molar-refractivity contribution is 6.17. The van der Waals surface area contributed by atoms with Crippen LogP contribution in [0, 0.1) is 0 Å². The van der Waals surface area contributed by atoms with Gasteiger partial charge in [-0.1, -0.05) is 12.1 Å². The molecule has 2 nitrogen and oxygen atoms in total. The lowest BCUT2D eigenvalue weighted by atomic mass is 10.1. The molecular weight excluding hydrogens is 303 g/mol. The molecule has 0 aliphatic carbocycles. The van der Waals surface area contributed by atoms with Crippen LogP contribution in [-0.4, -0.2) is 11.6 Å². The van der Waals surface area contributed by atoms with Crippen molar-refractivity contribution in [2.45, 2.75) is 18.5 Å². The van der Waals surface area contributed by atoms with Gasteiger partial charge in [-0.15, -0.1) is 11.6 Å². The molecule has 1 aromatic heterocycles. The van der Waals surface area contributed by atoms with Crippen LogP contribution in [-0.2, 0) is 18.5 Å². The molecule has 6 heteroatoms. The number of pyridine rings is 1. The molecule has 1 heterocycles. The summed E-state index contributed by atoms with van der Waals surface area (Å²) in [7, 11) is 0. The standard InChI is InChI=1S/C15H13ClF3NO/c16-10-11-4-5-14(13(9-11)15(17,18)19)21-8-6-12-3-1-2-7-20-12/h1-5,7,9H,6,8,10H2. The topological polar surface area (TPSA) is 22.1 Å². The lowest BCUT2D eigenvalue weighted by Crippen LogP contribution is -2.11. The van der Waals surface area contributed by atoms with Crippen molar-refractivity contribution in [3.05, 3.63) is 59.4 Å². The van der Waals surface area contributed by atoms with Crippen molar-refractivity contribution in [3.8, 4) is 5.75 Å². The van der Waals surface area contributed by atoms with Crippen LogP contribution < -0.4 is 4.74 Å². The van der Waals surface area contributed by atoms with Crippen molar-refractivity contribution in [2.75, 3.05) is 6.61 Å². The Kier molecular flexibility index (Phi) is 5.07. The summed E-state index contributed by atoms with van der Waals surface area (Å²) in [4.78, 5) is 4.09. The number of halogens is 4. The summed E-state index contributed by atoms with van der Waals surface area (Å²) in [5, 5.41) is 0. The van der Waals surface area contributed by atoms with Crippen LogP contribution in [0.3, 0.4) is 0 Å². The fourth-order valence-corrected chi connectivity index (χ4v) is 1.99. The second kappa shape index (κ2) is 6.80. The van der Waals surface area contributed by atoms with Crippen LogP contribution in [0.1, 0.15) is 16.8 Å². The number of aromatic nitrogens is 1. The third-order valence-corrected chi connectivity index (χ3v) is 3.15. The second-order valence-corrected chi connectivity index (χ2v) is 4.65. The van der Waals surface area contributed by atoms with E-state index >= 15 is 0 Å². The molecule has 0 unspecified atom stereocenters.